The molecule has 0 radical (unpaired) electrons. The highest BCUT2D eigenvalue weighted by Gasteiger charge is 2.28. The van der Waals surface area contributed by atoms with Crippen LogP contribution in [0.25, 0.3) is 0 Å². The molecule has 0 bridgehead atoms. The number of ketones is 1. The van der Waals surface area contributed by atoms with Crippen LogP contribution in [0.3, 0.4) is 0 Å². The van der Waals surface area contributed by atoms with Crippen molar-refractivity contribution in [2.75, 3.05) is 18.5 Å². The maximum atomic E-state index is 14.2. The van der Waals surface area contributed by atoms with E-state index in [9.17, 15) is 41.5 Å². The van der Waals surface area contributed by atoms with Crippen LogP contribution in [0.5, 0.6) is 5.75 Å². The van der Waals surface area contributed by atoms with Crippen LogP contribution in [0.2, 0.25) is 0 Å². The molecule has 238 valence electrons. The Balaban J connectivity index is 1.68. The van der Waals surface area contributed by atoms with Crippen molar-refractivity contribution >= 4 is 35.2 Å². The molecular formula is C31H29F4N3O7. The number of carbonyl (C=O) groups is 5. The Hall–Kier alpha value is -5.27. The molecule has 0 saturated heterocycles. The van der Waals surface area contributed by atoms with E-state index in [0.717, 1.165) is 13.0 Å². The minimum absolute atomic E-state index is 0.215. The predicted octanol–water partition coefficient (Wildman–Crippen LogP) is 3.68. The first-order chi connectivity index (χ1) is 21.3. The van der Waals surface area contributed by atoms with Crippen molar-refractivity contribution in [3.05, 3.63) is 94.6 Å². The Kier molecular flexibility index (Phi) is 11.8. The highest BCUT2D eigenvalue weighted by molar-refractivity contribution is 6.40. The molecule has 3 aromatic rings. The Morgan fingerprint density at radius 3 is 2.18 bits per heavy atom. The molecule has 0 aliphatic carbocycles. The zero-order chi connectivity index (χ0) is 33.3. The van der Waals surface area contributed by atoms with Gasteiger partial charge in [-0.15, -0.1) is 0 Å². The lowest BCUT2D eigenvalue weighted by molar-refractivity contribution is -0.138. The quantitative estimate of drug-likeness (QED) is 0.120. The van der Waals surface area contributed by atoms with E-state index in [0.29, 0.717) is 11.6 Å². The third-order valence-corrected chi connectivity index (χ3v) is 6.48. The van der Waals surface area contributed by atoms with Crippen LogP contribution in [0.4, 0.5) is 23.2 Å². The van der Waals surface area contributed by atoms with Crippen molar-refractivity contribution in [3.8, 4) is 5.75 Å². The van der Waals surface area contributed by atoms with Gasteiger partial charge in [-0.05, 0) is 44.5 Å². The fraction of sp³-hybridized carbons (Fsp3) is 0.258. The van der Waals surface area contributed by atoms with Gasteiger partial charge in [-0.3, -0.25) is 19.2 Å². The fourth-order valence-electron chi connectivity index (χ4n) is 3.91. The van der Waals surface area contributed by atoms with E-state index in [1.165, 1.54) is 38.1 Å². The number of halogens is 4. The topological polar surface area (TPSA) is 140 Å². The monoisotopic (exact) mass is 631 g/mol. The lowest BCUT2D eigenvalue weighted by Crippen LogP contribution is -2.53. The van der Waals surface area contributed by atoms with Crippen LogP contribution >= 0.6 is 0 Å². The molecule has 10 nitrogen and oxygen atoms in total. The number of nitrogens with one attached hydrogen (secondary N) is 3. The Labute approximate surface area is 255 Å². The maximum Gasteiger partial charge on any atom is 0.338 e. The standard InChI is InChI=1S/C31H29F4N3O7/c1-16-8-7-11-20(32)26(16)38-30(42)29(41)36-18(3)28(40)37-23(12-13-44-31(43)19-9-5-4-6-10-19)24(39)15-45-27-17(2)21(33)14-22(34)25(27)35/h4-11,14,18,23H,12-13,15H2,1-3H3,(H,36,41)(H,37,40)(H,38,42)/t18-,23-/m0/s1. The van der Waals surface area contributed by atoms with E-state index in [4.69, 9.17) is 9.47 Å². The number of amides is 3. The van der Waals surface area contributed by atoms with Gasteiger partial charge in [-0.2, -0.15) is 4.39 Å². The molecule has 3 aromatic carbocycles. The highest BCUT2D eigenvalue weighted by atomic mass is 19.2. The van der Waals surface area contributed by atoms with Crippen molar-refractivity contribution in [2.24, 2.45) is 0 Å². The largest absolute Gasteiger partial charge is 0.482 e. The normalized spacial score (nSPS) is 12.0. The number of benzene rings is 3. The van der Waals surface area contributed by atoms with Crippen LogP contribution in [0.15, 0.2) is 54.6 Å². The lowest BCUT2D eigenvalue weighted by atomic mass is 10.1. The lowest BCUT2D eigenvalue weighted by Gasteiger charge is -2.21. The van der Waals surface area contributed by atoms with E-state index >= 15 is 0 Å². The summed E-state index contributed by atoms with van der Waals surface area (Å²) in [6.07, 6.45) is -0.320. The van der Waals surface area contributed by atoms with Crippen LogP contribution in [0.1, 0.15) is 34.8 Å². The summed E-state index contributed by atoms with van der Waals surface area (Å²) in [7, 11) is 0. The van der Waals surface area contributed by atoms with Gasteiger partial charge < -0.3 is 25.4 Å². The van der Waals surface area contributed by atoms with Crippen molar-refractivity contribution in [1.29, 1.82) is 0 Å². The number of esters is 1. The summed E-state index contributed by atoms with van der Waals surface area (Å²) in [6, 6.07) is 9.30. The summed E-state index contributed by atoms with van der Waals surface area (Å²) < 4.78 is 66.1. The average Bonchev–Trinajstić information content (AvgIpc) is 3.01. The van der Waals surface area contributed by atoms with E-state index in [2.05, 4.69) is 16.0 Å². The van der Waals surface area contributed by atoms with Gasteiger partial charge in [0.2, 0.25) is 11.7 Å². The number of Topliss-reactive ketones (excluding diaryl/α,β-unsaturated/α-hetero) is 1. The number of ether oxygens (including phenoxy) is 2. The number of hydrogen-bond donors (Lipinski definition) is 3. The van der Waals surface area contributed by atoms with E-state index in [-0.39, 0.29) is 17.7 Å². The summed E-state index contributed by atoms with van der Waals surface area (Å²) in [5.74, 6) is -11.0. The molecule has 0 aromatic heterocycles. The van der Waals surface area contributed by atoms with Crippen LogP contribution in [-0.4, -0.2) is 54.8 Å². The van der Waals surface area contributed by atoms with Crippen LogP contribution in [0, 0.1) is 37.1 Å². The molecule has 3 rings (SSSR count). The van der Waals surface area contributed by atoms with Crippen LogP contribution < -0.4 is 20.7 Å². The SMILES string of the molecule is Cc1cccc(F)c1NC(=O)C(=O)N[C@@H](C)C(=O)N[C@@H](CCOC(=O)c1ccccc1)C(=O)COc1c(C)c(F)cc(F)c1F. The molecule has 0 aliphatic rings. The third kappa shape index (κ3) is 9.11. The van der Waals surface area contributed by atoms with E-state index < -0.39 is 89.4 Å². The van der Waals surface area contributed by atoms with Gasteiger partial charge >= 0.3 is 17.8 Å². The molecule has 0 saturated carbocycles. The van der Waals surface area contributed by atoms with Crippen molar-refractivity contribution in [1.82, 2.24) is 10.6 Å². The summed E-state index contributed by atoms with van der Waals surface area (Å²) in [5, 5.41) is 6.56. The van der Waals surface area contributed by atoms with Crippen molar-refractivity contribution in [2.45, 2.75) is 39.3 Å². The number of rotatable bonds is 12. The highest BCUT2D eigenvalue weighted by Crippen LogP contribution is 2.27. The summed E-state index contributed by atoms with van der Waals surface area (Å²) in [5.41, 5.74) is -0.0730. The Morgan fingerprint density at radius 1 is 0.822 bits per heavy atom. The molecule has 0 spiro atoms. The number of aryl methyl sites for hydroxylation is 1. The van der Waals surface area contributed by atoms with Gasteiger partial charge in [0.1, 0.15) is 24.3 Å². The van der Waals surface area contributed by atoms with Gasteiger partial charge in [-0.25, -0.2) is 18.0 Å². The first-order valence-electron chi connectivity index (χ1n) is 13.5. The van der Waals surface area contributed by atoms with E-state index in [1.807, 2.05) is 0 Å². The number of carbonyl (C=O) groups excluding carboxylic acids is 5. The molecule has 3 N–H and O–H groups in total. The van der Waals surface area contributed by atoms with E-state index in [1.54, 1.807) is 18.2 Å². The second kappa shape index (κ2) is 15.5. The van der Waals surface area contributed by atoms with Gasteiger partial charge in [0.05, 0.1) is 23.9 Å². The van der Waals surface area contributed by atoms with Gasteiger partial charge in [0, 0.05) is 18.1 Å². The van der Waals surface area contributed by atoms with Gasteiger partial charge in [-0.1, -0.05) is 30.3 Å². The molecule has 2 atom stereocenters. The Bertz CT molecular complexity index is 1560. The molecular weight excluding hydrogens is 602 g/mol. The molecule has 0 unspecified atom stereocenters. The average molecular weight is 632 g/mol. The molecule has 14 heteroatoms. The Morgan fingerprint density at radius 2 is 1.51 bits per heavy atom. The third-order valence-electron chi connectivity index (χ3n) is 6.48. The number of hydrogen-bond acceptors (Lipinski definition) is 7. The summed E-state index contributed by atoms with van der Waals surface area (Å²) in [4.78, 5) is 62.9. The minimum Gasteiger partial charge on any atom is -0.482 e. The fourth-order valence-corrected chi connectivity index (χ4v) is 3.91. The minimum atomic E-state index is -1.54. The second-order valence-corrected chi connectivity index (χ2v) is 9.80. The summed E-state index contributed by atoms with van der Waals surface area (Å²) in [6.45, 7) is 2.45. The molecule has 0 aliphatic heterocycles. The predicted molar refractivity (Wildman–Crippen MR) is 152 cm³/mol. The number of anilines is 1. The second-order valence-electron chi connectivity index (χ2n) is 9.80. The number of para-hydroxylation sites is 1. The first kappa shape index (κ1) is 34.2. The van der Waals surface area contributed by atoms with Gasteiger partial charge in [0.25, 0.3) is 0 Å². The first-order valence-corrected chi connectivity index (χ1v) is 13.5. The summed E-state index contributed by atoms with van der Waals surface area (Å²) >= 11 is 0. The molecule has 45 heavy (non-hydrogen) atoms. The smallest absolute Gasteiger partial charge is 0.338 e. The van der Waals surface area contributed by atoms with Crippen LogP contribution in [-0.2, 0) is 23.9 Å². The zero-order valence-electron chi connectivity index (χ0n) is 24.3. The van der Waals surface area contributed by atoms with Gasteiger partial charge in [0.15, 0.2) is 17.3 Å². The molecule has 3 amide bonds. The van der Waals surface area contributed by atoms with Crippen molar-refractivity contribution < 1.29 is 51.0 Å². The zero-order valence-corrected chi connectivity index (χ0v) is 24.3. The maximum absolute atomic E-state index is 14.2. The molecule has 0 heterocycles. The van der Waals surface area contributed by atoms with Crippen molar-refractivity contribution in [3.63, 3.8) is 0 Å². The molecule has 0 fully saturated rings.